The molecule has 2 heterocycles. The third-order valence-corrected chi connectivity index (χ3v) is 4.69. The fourth-order valence-corrected chi connectivity index (χ4v) is 3.19. The molecule has 0 amide bonds. The highest BCUT2D eigenvalue weighted by Crippen LogP contribution is 2.50. The van der Waals surface area contributed by atoms with Crippen LogP contribution in [-0.2, 0) is 5.41 Å². The van der Waals surface area contributed by atoms with Gasteiger partial charge in [-0.2, -0.15) is 0 Å². The van der Waals surface area contributed by atoms with E-state index in [1.54, 1.807) is 10.7 Å². The van der Waals surface area contributed by atoms with Crippen LogP contribution >= 0.6 is 11.6 Å². The van der Waals surface area contributed by atoms with Crippen molar-refractivity contribution in [3.63, 3.8) is 0 Å². The van der Waals surface area contributed by atoms with Crippen molar-refractivity contribution in [3.05, 3.63) is 17.2 Å². The molecular weight excluding hydrogens is 250 g/mol. The summed E-state index contributed by atoms with van der Waals surface area (Å²) in [7, 11) is 0. The first-order valence-corrected chi connectivity index (χ1v) is 6.63. The second kappa shape index (κ2) is 3.82. The van der Waals surface area contributed by atoms with Gasteiger partial charge in [-0.3, -0.25) is 0 Å². The van der Waals surface area contributed by atoms with Gasteiger partial charge in [-0.25, -0.2) is 14.5 Å². The van der Waals surface area contributed by atoms with Crippen LogP contribution in [0.2, 0.25) is 5.15 Å². The van der Waals surface area contributed by atoms with Crippen LogP contribution in [0.1, 0.15) is 38.9 Å². The Balaban J connectivity index is 2.26. The molecule has 2 atom stereocenters. The number of aromatic nitrogens is 4. The normalized spacial score (nSPS) is 27.4. The number of halogens is 1. The lowest BCUT2D eigenvalue weighted by Crippen LogP contribution is -2.44. The summed E-state index contributed by atoms with van der Waals surface area (Å²) in [5.41, 5.74) is 6.48. The molecule has 2 aromatic rings. The molecule has 0 bridgehead atoms. The van der Waals surface area contributed by atoms with Crippen molar-refractivity contribution >= 4 is 23.1 Å². The van der Waals surface area contributed by atoms with E-state index in [0.29, 0.717) is 11.1 Å². The molecule has 6 heteroatoms. The summed E-state index contributed by atoms with van der Waals surface area (Å²) < 4.78 is 1.77. The maximum Gasteiger partial charge on any atom is 0.238 e. The maximum absolute atomic E-state index is 6.17. The number of nitrogen functional groups attached to an aromatic ring is 1. The summed E-state index contributed by atoms with van der Waals surface area (Å²) in [6.07, 6.45) is 5.02. The summed E-state index contributed by atoms with van der Waals surface area (Å²) in [6.45, 7) is 4.45. The van der Waals surface area contributed by atoms with Gasteiger partial charge in [0.2, 0.25) is 5.95 Å². The predicted octanol–water partition coefficient (Wildman–Crippen LogP) is 2.44. The molecule has 1 saturated carbocycles. The van der Waals surface area contributed by atoms with E-state index < -0.39 is 0 Å². The number of imidazole rings is 1. The number of rotatable bonds is 2. The van der Waals surface area contributed by atoms with E-state index in [9.17, 15) is 0 Å². The number of hydrogen-bond acceptors (Lipinski definition) is 4. The lowest BCUT2D eigenvalue weighted by molar-refractivity contribution is 0.119. The van der Waals surface area contributed by atoms with Crippen LogP contribution in [0, 0.1) is 5.92 Å². The lowest BCUT2D eigenvalue weighted by atomic mass is 9.59. The number of nitrogens with zero attached hydrogens (tertiary/aromatic N) is 4. The summed E-state index contributed by atoms with van der Waals surface area (Å²) >= 11 is 6.17. The zero-order chi connectivity index (χ0) is 12.9. The highest BCUT2D eigenvalue weighted by Gasteiger charge is 2.47. The van der Waals surface area contributed by atoms with Crippen LogP contribution in [0.15, 0.2) is 6.20 Å². The molecule has 1 fully saturated rings. The van der Waals surface area contributed by atoms with E-state index >= 15 is 0 Å². The van der Waals surface area contributed by atoms with Gasteiger partial charge in [0.25, 0.3) is 0 Å². The van der Waals surface area contributed by atoms with Crippen LogP contribution in [0.5, 0.6) is 0 Å². The first-order chi connectivity index (χ1) is 8.58. The van der Waals surface area contributed by atoms with Crippen molar-refractivity contribution in [1.82, 2.24) is 19.6 Å². The van der Waals surface area contributed by atoms with Crippen LogP contribution in [0.4, 0.5) is 5.95 Å². The standard InChI is InChI=1S/C12H16ClN5/c1-3-12(5-4-7(12)2)10-16-9(13)8-6-15-11(14)17-18(8)10/h6-7H,3-5H2,1-2H3,(H2,14,17). The Bertz CT molecular complexity index is 604. The van der Waals surface area contributed by atoms with E-state index in [0.717, 1.165) is 24.2 Å². The summed E-state index contributed by atoms with van der Waals surface area (Å²) in [6, 6.07) is 0. The Kier molecular flexibility index (Phi) is 2.48. The average molecular weight is 266 g/mol. The second-order valence-electron chi connectivity index (χ2n) is 5.09. The van der Waals surface area contributed by atoms with Gasteiger partial charge in [0.1, 0.15) is 11.3 Å². The average Bonchev–Trinajstić information content (AvgIpc) is 2.66. The molecule has 0 radical (unpaired) electrons. The zero-order valence-electron chi connectivity index (χ0n) is 10.5. The summed E-state index contributed by atoms with van der Waals surface area (Å²) in [5.74, 6) is 1.77. The van der Waals surface area contributed by atoms with Crippen LogP contribution < -0.4 is 5.73 Å². The van der Waals surface area contributed by atoms with Crippen molar-refractivity contribution in [2.45, 2.75) is 38.5 Å². The van der Waals surface area contributed by atoms with E-state index in [1.165, 1.54) is 6.42 Å². The van der Waals surface area contributed by atoms with E-state index in [-0.39, 0.29) is 11.4 Å². The first kappa shape index (κ1) is 11.7. The smallest absolute Gasteiger partial charge is 0.238 e. The highest BCUT2D eigenvalue weighted by atomic mass is 35.5. The van der Waals surface area contributed by atoms with Gasteiger partial charge in [-0.05, 0) is 25.2 Å². The molecule has 3 rings (SSSR count). The fourth-order valence-electron chi connectivity index (χ4n) is 2.98. The van der Waals surface area contributed by atoms with Crippen LogP contribution in [0.3, 0.4) is 0 Å². The Morgan fingerprint density at radius 3 is 2.94 bits per heavy atom. The maximum atomic E-state index is 6.17. The Morgan fingerprint density at radius 2 is 2.39 bits per heavy atom. The van der Waals surface area contributed by atoms with Crippen molar-refractivity contribution in [1.29, 1.82) is 0 Å². The lowest BCUT2D eigenvalue weighted by Gasteiger charge is -2.46. The number of hydrogen-bond donors (Lipinski definition) is 1. The third-order valence-electron chi connectivity index (χ3n) is 4.41. The topological polar surface area (TPSA) is 69.1 Å². The minimum Gasteiger partial charge on any atom is -0.367 e. The van der Waals surface area contributed by atoms with E-state index in [2.05, 4.69) is 28.9 Å². The monoisotopic (exact) mass is 265 g/mol. The van der Waals surface area contributed by atoms with Gasteiger partial charge < -0.3 is 5.73 Å². The van der Waals surface area contributed by atoms with Crippen molar-refractivity contribution in [2.24, 2.45) is 5.92 Å². The second-order valence-corrected chi connectivity index (χ2v) is 5.45. The third kappa shape index (κ3) is 1.37. The molecule has 5 nitrogen and oxygen atoms in total. The Morgan fingerprint density at radius 1 is 1.61 bits per heavy atom. The molecule has 2 aromatic heterocycles. The molecule has 18 heavy (non-hydrogen) atoms. The quantitative estimate of drug-likeness (QED) is 0.905. The fraction of sp³-hybridized carbons (Fsp3) is 0.583. The highest BCUT2D eigenvalue weighted by molar-refractivity contribution is 6.32. The summed E-state index contributed by atoms with van der Waals surface area (Å²) in [5, 5.41) is 4.72. The van der Waals surface area contributed by atoms with E-state index in [1.807, 2.05) is 0 Å². The molecule has 0 spiro atoms. The Labute approximate surface area is 110 Å². The zero-order valence-corrected chi connectivity index (χ0v) is 11.3. The van der Waals surface area contributed by atoms with Gasteiger partial charge in [-0.15, -0.1) is 5.10 Å². The molecule has 1 aliphatic rings. The molecule has 1 aliphatic carbocycles. The van der Waals surface area contributed by atoms with Crippen molar-refractivity contribution in [3.8, 4) is 0 Å². The van der Waals surface area contributed by atoms with Gasteiger partial charge >= 0.3 is 0 Å². The van der Waals surface area contributed by atoms with Crippen LogP contribution in [0.25, 0.3) is 5.52 Å². The molecule has 96 valence electrons. The van der Waals surface area contributed by atoms with E-state index in [4.69, 9.17) is 17.3 Å². The van der Waals surface area contributed by atoms with Crippen molar-refractivity contribution in [2.75, 3.05) is 5.73 Å². The minimum absolute atomic E-state index is 0.0802. The molecule has 0 saturated heterocycles. The van der Waals surface area contributed by atoms with Gasteiger partial charge in [-0.1, -0.05) is 25.4 Å². The summed E-state index contributed by atoms with van der Waals surface area (Å²) in [4.78, 5) is 8.49. The molecule has 2 unspecified atom stereocenters. The molecule has 0 aromatic carbocycles. The molecular formula is C12H16ClN5. The van der Waals surface area contributed by atoms with Gasteiger partial charge in [0.05, 0.1) is 6.20 Å². The Hall–Kier alpha value is -1.36. The largest absolute Gasteiger partial charge is 0.367 e. The minimum atomic E-state index is 0.0802. The number of anilines is 1. The molecule has 0 aliphatic heterocycles. The van der Waals surface area contributed by atoms with Gasteiger partial charge in [0, 0.05) is 5.41 Å². The SMILES string of the molecule is CCC1(c2nc(Cl)c3cnc(N)nn23)CCC1C. The number of fused-ring (bicyclic) bond motifs is 1. The van der Waals surface area contributed by atoms with Gasteiger partial charge in [0.15, 0.2) is 5.15 Å². The molecule has 2 N–H and O–H groups in total. The first-order valence-electron chi connectivity index (χ1n) is 6.25. The predicted molar refractivity (Wildman–Crippen MR) is 70.6 cm³/mol. The number of nitrogens with two attached hydrogens (primary N) is 1. The van der Waals surface area contributed by atoms with Crippen molar-refractivity contribution < 1.29 is 0 Å². The van der Waals surface area contributed by atoms with Crippen LogP contribution in [-0.4, -0.2) is 19.6 Å².